The molecule has 0 bridgehead atoms. The monoisotopic (exact) mass is 296 g/mol. The van der Waals surface area contributed by atoms with E-state index in [0.29, 0.717) is 11.4 Å². The quantitative estimate of drug-likeness (QED) is 0.755. The Labute approximate surface area is 125 Å². The smallest absolute Gasteiger partial charge is 0.324 e. The summed E-state index contributed by atoms with van der Waals surface area (Å²) in [5, 5.41) is 10.1. The van der Waals surface area contributed by atoms with Crippen LogP contribution in [-0.2, 0) is 11.3 Å². The van der Waals surface area contributed by atoms with Crippen molar-refractivity contribution in [2.45, 2.75) is 6.54 Å². The fourth-order valence-corrected chi connectivity index (χ4v) is 1.88. The first kappa shape index (κ1) is 13.7. The Hall–Kier alpha value is -3.29. The Kier molecular flexibility index (Phi) is 3.73. The number of amides is 1. The van der Waals surface area contributed by atoms with E-state index in [4.69, 9.17) is 0 Å². The number of tetrazole rings is 1. The number of rotatable bonds is 4. The highest BCUT2D eigenvalue weighted by Crippen LogP contribution is 2.03. The summed E-state index contributed by atoms with van der Waals surface area (Å²) in [4.78, 5) is 27.9. The summed E-state index contributed by atoms with van der Waals surface area (Å²) in [6.45, 7) is -0.214. The normalized spacial score (nSPS) is 10.4. The summed E-state index contributed by atoms with van der Waals surface area (Å²) < 4.78 is 2.14. The number of pyridine rings is 1. The number of nitrogens with zero attached hydrogens (tertiary/aromatic N) is 5. The SMILES string of the molecule is O=C(Cn1nnn(-c2ccccc2)c1=O)Nc1ccncc1. The molecule has 1 N–H and O–H groups in total. The average molecular weight is 296 g/mol. The molecule has 0 saturated heterocycles. The van der Waals surface area contributed by atoms with Crippen LogP contribution in [0.15, 0.2) is 59.7 Å². The lowest BCUT2D eigenvalue weighted by atomic mass is 10.3. The molecule has 0 unspecified atom stereocenters. The number of para-hydroxylation sites is 1. The Morgan fingerprint density at radius 3 is 2.50 bits per heavy atom. The minimum absolute atomic E-state index is 0.214. The van der Waals surface area contributed by atoms with Gasteiger partial charge in [-0.15, -0.1) is 0 Å². The highest BCUT2D eigenvalue weighted by molar-refractivity contribution is 5.90. The fourth-order valence-electron chi connectivity index (χ4n) is 1.88. The van der Waals surface area contributed by atoms with Crippen LogP contribution in [0.5, 0.6) is 0 Å². The molecule has 0 aliphatic heterocycles. The minimum atomic E-state index is -0.476. The number of carbonyl (C=O) groups is 1. The number of carbonyl (C=O) groups excluding carboxylic acids is 1. The van der Waals surface area contributed by atoms with Gasteiger partial charge in [0.05, 0.1) is 5.69 Å². The van der Waals surface area contributed by atoms with E-state index >= 15 is 0 Å². The van der Waals surface area contributed by atoms with Crippen LogP contribution in [0.4, 0.5) is 5.69 Å². The van der Waals surface area contributed by atoms with Gasteiger partial charge in [-0.1, -0.05) is 18.2 Å². The van der Waals surface area contributed by atoms with Crippen molar-refractivity contribution in [1.82, 2.24) is 24.8 Å². The molecule has 0 radical (unpaired) electrons. The number of benzene rings is 1. The molecule has 3 aromatic rings. The molecule has 2 heterocycles. The molecule has 1 aromatic carbocycles. The van der Waals surface area contributed by atoms with Crippen molar-refractivity contribution >= 4 is 11.6 Å². The van der Waals surface area contributed by atoms with Crippen molar-refractivity contribution in [3.8, 4) is 5.69 Å². The second-order valence-electron chi connectivity index (χ2n) is 4.45. The van der Waals surface area contributed by atoms with Crippen LogP contribution in [0.3, 0.4) is 0 Å². The maximum Gasteiger partial charge on any atom is 0.368 e. The highest BCUT2D eigenvalue weighted by Gasteiger charge is 2.12. The second kappa shape index (κ2) is 6.00. The number of nitrogens with one attached hydrogen (secondary N) is 1. The van der Waals surface area contributed by atoms with Crippen LogP contribution in [0.25, 0.3) is 5.69 Å². The molecule has 110 valence electrons. The topological polar surface area (TPSA) is 94.7 Å². The molecule has 0 spiro atoms. The van der Waals surface area contributed by atoms with Crippen molar-refractivity contribution in [3.05, 3.63) is 65.3 Å². The standard InChI is InChI=1S/C14H12N6O2/c21-13(16-11-6-8-15-9-7-11)10-19-14(22)20(18-17-19)12-4-2-1-3-5-12/h1-9H,10H2,(H,15,16,21). The third kappa shape index (κ3) is 2.90. The molecule has 3 rings (SSSR count). The van der Waals surface area contributed by atoms with E-state index < -0.39 is 5.69 Å². The van der Waals surface area contributed by atoms with Crippen LogP contribution in [0.1, 0.15) is 0 Å². The third-order valence-electron chi connectivity index (χ3n) is 2.90. The Balaban J connectivity index is 1.75. The zero-order valence-corrected chi connectivity index (χ0v) is 11.5. The van der Waals surface area contributed by atoms with Crippen molar-refractivity contribution in [3.63, 3.8) is 0 Å². The number of anilines is 1. The Morgan fingerprint density at radius 2 is 1.77 bits per heavy atom. The summed E-state index contributed by atoms with van der Waals surface area (Å²) in [5.41, 5.74) is 0.716. The van der Waals surface area contributed by atoms with Crippen molar-refractivity contribution in [2.75, 3.05) is 5.32 Å². The third-order valence-corrected chi connectivity index (χ3v) is 2.90. The first-order valence-corrected chi connectivity index (χ1v) is 6.52. The molecule has 0 fully saturated rings. The van der Waals surface area contributed by atoms with Gasteiger partial charge in [0.15, 0.2) is 0 Å². The fraction of sp³-hybridized carbons (Fsp3) is 0.0714. The molecule has 0 aliphatic rings. The van der Waals surface area contributed by atoms with Crippen LogP contribution in [-0.4, -0.2) is 30.7 Å². The van der Waals surface area contributed by atoms with Gasteiger partial charge < -0.3 is 5.32 Å². The van der Waals surface area contributed by atoms with Crippen LogP contribution >= 0.6 is 0 Å². The maximum atomic E-state index is 12.2. The zero-order chi connectivity index (χ0) is 15.4. The lowest BCUT2D eigenvalue weighted by Gasteiger charge is -2.03. The molecule has 2 aromatic heterocycles. The highest BCUT2D eigenvalue weighted by atomic mass is 16.2. The van der Waals surface area contributed by atoms with Gasteiger partial charge in [-0.25, -0.2) is 4.79 Å². The zero-order valence-electron chi connectivity index (χ0n) is 11.5. The predicted molar refractivity (Wildman–Crippen MR) is 78.5 cm³/mol. The van der Waals surface area contributed by atoms with Gasteiger partial charge >= 0.3 is 5.69 Å². The maximum absolute atomic E-state index is 12.2. The molecule has 22 heavy (non-hydrogen) atoms. The molecule has 8 nitrogen and oxygen atoms in total. The lowest BCUT2D eigenvalue weighted by Crippen LogP contribution is -2.29. The molecule has 0 atom stereocenters. The molecular weight excluding hydrogens is 284 g/mol. The first-order valence-electron chi connectivity index (χ1n) is 6.52. The van der Waals surface area contributed by atoms with Gasteiger partial charge in [-0.05, 0) is 34.7 Å². The van der Waals surface area contributed by atoms with Crippen LogP contribution in [0, 0.1) is 0 Å². The van der Waals surface area contributed by atoms with Gasteiger partial charge in [0.25, 0.3) is 0 Å². The lowest BCUT2D eigenvalue weighted by molar-refractivity contribution is -0.117. The summed E-state index contributed by atoms with van der Waals surface area (Å²) in [6, 6.07) is 12.2. The molecule has 1 amide bonds. The molecule has 0 saturated carbocycles. The van der Waals surface area contributed by atoms with Gasteiger partial charge in [0.1, 0.15) is 6.54 Å². The van der Waals surface area contributed by atoms with E-state index in [1.807, 2.05) is 6.07 Å². The van der Waals surface area contributed by atoms with E-state index in [0.717, 1.165) is 9.36 Å². The summed E-state index contributed by atoms with van der Waals surface area (Å²) >= 11 is 0. The van der Waals surface area contributed by atoms with Crippen LogP contribution in [0.2, 0.25) is 0 Å². The summed E-state index contributed by atoms with van der Waals surface area (Å²) in [5.74, 6) is -0.367. The van der Waals surface area contributed by atoms with Crippen molar-refractivity contribution < 1.29 is 4.79 Å². The van der Waals surface area contributed by atoms with E-state index in [1.165, 1.54) is 0 Å². The van der Waals surface area contributed by atoms with Gasteiger partial charge in [-0.2, -0.15) is 9.36 Å². The van der Waals surface area contributed by atoms with Crippen molar-refractivity contribution in [1.29, 1.82) is 0 Å². The van der Waals surface area contributed by atoms with Crippen LogP contribution < -0.4 is 11.0 Å². The second-order valence-corrected chi connectivity index (χ2v) is 4.45. The van der Waals surface area contributed by atoms with E-state index in [-0.39, 0.29) is 12.5 Å². The number of aromatic nitrogens is 5. The van der Waals surface area contributed by atoms with Gasteiger partial charge in [0.2, 0.25) is 5.91 Å². The molecule has 8 heteroatoms. The van der Waals surface area contributed by atoms with E-state index in [1.54, 1.807) is 48.8 Å². The number of hydrogen-bond donors (Lipinski definition) is 1. The minimum Gasteiger partial charge on any atom is -0.324 e. The molecule has 0 aliphatic carbocycles. The first-order chi connectivity index (χ1) is 10.7. The van der Waals surface area contributed by atoms with Gasteiger partial charge in [-0.3, -0.25) is 9.78 Å². The number of hydrogen-bond acceptors (Lipinski definition) is 5. The largest absolute Gasteiger partial charge is 0.368 e. The molecular formula is C14H12N6O2. The van der Waals surface area contributed by atoms with E-state index in [2.05, 4.69) is 20.7 Å². The Morgan fingerprint density at radius 1 is 1.05 bits per heavy atom. The van der Waals surface area contributed by atoms with Crippen molar-refractivity contribution in [2.24, 2.45) is 0 Å². The average Bonchev–Trinajstić information content (AvgIpc) is 2.90. The summed E-state index contributed by atoms with van der Waals surface area (Å²) in [7, 11) is 0. The van der Waals surface area contributed by atoms with Gasteiger partial charge in [0, 0.05) is 18.1 Å². The summed E-state index contributed by atoms with van der Waals surface area (Å²) in [6.07, 6.45) is 3.13. The Bertz CT molecular complexity index is 825. The van der Waals surface area contributed by atoms with E-state index in [9.17, 15) is 9.59 Å². The predicted octanol–water partition coefficient (Wildman–Crippen LogP) is 0.463.